The lowest BCUT2D eigenvalue weighted by Gasteiger charge is -2.18. The molecule has 0 aliphatic heterocycles. The first-order valence-corrected chi connectivity index (χ1v) is 8.59. The number of hydrogen-bond acceptors (Lipinski definition) is 4. The zero-order valence-corrected chi connectivity index (χ0v) is 14.5. The highest BCUT2D eigenvalue weighted by molar-refractivity contribution is 7.99. The molecule has 1 aromatic rings. The molecule has 0 aromatic heterocycles. The van der Waals surface area contributed by atoms with Crippen molar-refractivity contribution < 1.29 is 9.72 Å². The smallest absolute Gasteiger partial charge is 0.283 e. The van der Waals surface area contributed by atoms with Crippen LogP contribution in [-0.4, -0.2) is 34.6 Å². The predicted molar refractivity (Wildman–Crippen MR) is 90.5 cm³/mol. The van der Waals surface area contributed by atoms with E-state index in [1.807, 2.05) is 13.8 Å². The third-order valence-electron chi connectivity index (χ3n) is 3.41. The second kappa shape index (κ2) is 8.78. The van der Waals surface area contributed by atoms with Gasteiger partial charge in [-0.3, -0.25) is 14.9 Å². The summed E-state index contributed by atoms with van der Waals surface area (Å²) >= 11 is 1.48. The summed E-state index contributed by atoms with van der Waals surface area (Å²) in [6, 6.07) is 4.78. The minimum absolute atomic E-state index is 0.0202. The maximum atomic E-state index is 12.3. The van der Waals surface area contributed by atoms with Gasteiger partial charge in [0.1, 0.15) is 0 Å². The van der Waals surface area contributed by atoms with Crippen molar-refractivity contribution in [3.05, 3.63) is 33.9 Å². The van der Waals surface area contributed by atoms with Crippen LogP contribution in [0.3, 0.4) is 0 Å². The van der Waals surface area contributed by atoms with E-state index < -0.39 is 4.92 Å². The molecule has 0 fully saturated rings. The summed E-state index contributed by atoms with van der Waals surface area (Å²) in [5, 5.41) is 11.3. The maximum Gasteiger partial charge on any atom is 0.283 e. The molecular formula is C16H24N2O3S. The van der Waals surface area contributed by atoms with Crippen LogP contribution < -0.4 is 0 Å². The highest BCUT2D eigenvalue weighted by Gasteiger charge is 2.20. The van der Waals surface area contributed by atoms with Crippen molar-refractivity contribution in [3.63, 3.8) is 0 Å². The molecule has 0 heterocycles. The van der Waals surface area contributed by atoms with Crippen LogP contribution in [-0.2, 0) is 0 Å². The van der Waals surface area contributed by atoms with Crippen molar-refractivity contribution in [3.8, 4) is 0 Å². The minimum atomic E-state index is -0.406. The van der Waals surface area contributed by atoms with Crippen LogP contribution in [0, 0.1) is 16.0 Å². The van der Waals surface area contributed by atoms with E-state index in [-0.39, 0.29) is 11.6 Å². The Morgan fingerprint density at radius 1 is 1.32 bits per heavy atom. The molecule has 0 unspecified atom stereocenters. The monoisotopic (exact) mass is 324 g/mol. The average molecular weight is 324 g/mol. The summed E-state index contributed by atoms with van der Waals surface area (Å²) in [4.78, 5) is 25.4. The molecule has 0 atom stereocenters. The van der Waals surface area contributed by atoms with Crippen molar-refractivity contribution in [1.82, 2.24) is 4.90 Å². The second-order valence-electron chi connectivity index (χ2n) is 5.45. The van der Waals surface area contributed by atoms with E-state index in [0.29, 0.717) is 29.5 Å². The largest absolute Gasteiger partial charge is 0.339 e. The Kier molecular flexibility index (Phi) is 7.38. The molecule has 5 nitrogen and oxygen atoms in total. The van der Waals surface area contributed by atoms with Gasteiger partial charge >= 0.3 is 0 Å². The Labute approximate surface area is 136 Å². The van der Waals surface area contributed by atoms with Crippen molar-refractivity contribution in [2.24, 2.45) is 5.92 Å². The molecule has 0 N–H and O–H groups in total. The normalized spacial score (nSPS) is 10.8. The number of hydrogen-bond donors (Lipinski definition) is 0. The Balaban J connectivity index is 2.99. The molecule has 0 bridgehead atoms. The summed E-state index contributed by atoms with van der Waals surface area (Å²) in [7, 11) is 0. The quantitative estimate of drug-likeness (QED) is 0.408. The molecule has 22 heavy (non-hydrogen) atoms. The lowest BCUT2D eigenvalue weighted by atomic mass is 10.1. The van der Waals surface area contributed by atoms with Crippen molar-refractivity contribution in [2.75, 3.05) is 18.8 Å². The van der Waals surface area contributed by atoms with Gasteiger partial charge < -0.3 is 4.90 Å². The van der Waals surface area contributed by atoms with Gasteiger partial charge in [0.2, 0.25) is 0 Å². The van der Waals surface area contributed by atoms with Crippen molar-refractivity contribution >= 4 is 23.4 Å². The van der Waals surface area contributed by atoms with Crippen LogP contribution in [0.25, 0.3) is 0 Å². The molecule has 1 amide bonds. The van der Waals surface area contributed by atoms with Gasteiger partial charge in [-0.1, -0.05) is 13.8 Å². The summed E-state index contributed by atoms with van der Waals surface area (Å²) in [5.74, 6) is 1.24. The summed E-state index contributed by atoms with van der Waals surface area (Å²) < 4.78 is 0. The fourth-order valence-corrected chi connectivity index (χ4v) is 3.27. The summed E-state index contributed by atoms with van der Waals surface area (Å²) in [5.41, 5.74) is 0.398. The standard InChI is InChI=1S/C16H24N2O3S/c1-5-17(6-2)16(19)13-7-8-15(14(11-13)18(20)21)22-10-9-12(3)4/h7-8,11-12H,5-6,9-10H2,1-4H3. The number of rotatable bonds is 8. The third kappa shape index (κ3) is 5.02. The number of nitro groups is 1. The topological polar surface area (TPSA) is 63.5 Å². The summed E-state index contributed by atoms with van der Waals surface area (Å²) in [6.45, 7) is 9.22. The van der Waals surface area contributed by atoms with Crippen LogP contribution in [0.15, 0.2) is 23.1 Å². The molecule has 6 heteroatoms. The van der Waals surface area contributed by atoms with Crippen LogP contribution in [0.5, 0.6) is 0 Å². The number of nitrogens with zero attached hydrogens (tertiary/aromatic N) is 2. The third-order valence-corrected chi connectivity index (χ3v) is 4.50. The lowest BCUT2D eigenvalue weighted by Crippen LogP contribution is -2.30. The Hall–Kier alpha value is -1.56. The van der Waals surface area contributed by atoms with E-state index in [0.717, 1.165) is 12.2 Å². The Morgan fingerprint density at radius 3 is 2.45 bits per heavy atom. The number of carbonyl (C=O) groups is 1. The van der Waals surface area contributed by atoms with Gasteiger partial charge in [-0.2, -0.15) is 0 Å². The van der Waals surface area contributed by atoms with E-state index in [1.54, 1.807) is 17.0 Å². The fraction of sp³-hybridized carbons (Fsp3) is 0.562. The van der Waals surface area contributed by atoms with E-state index in [4.69, 9.17) is 0 Å². The zero-order chi connectivity index (χ0) is 16.7. The van der Waals surface area contributed by atoms with Crippen molar-refractivity contribution in [2.45, 2.75) is 39.0 Å². The molecule has 0 saturated carbocycles. The van der Waals surface area contributed by atoms with Gasteiger partial charge in [-0.25, -0.2) is 0 Å². The molecule has 0 radical (unpaired) electrons. The zero-order valence-electron chi connectivity index (χ0n) is 13.7. The molecule has 0 saturated heterocycles. The first-order valence-electron chi connectivity index (χ1n) is 7.61. The van der Waals surface area contributed by atoms with Gasteiger partial charge in [-0.05, 0) is 44.1 Å². The van der Waals surface area contributed by atoms with E-state index >= 15 is 0 Å². The fourth-order valence-electron chi connectivity index (χ4n) is 2.01. The first-order chi connectivity index (χ1) is 10.4. The average Bonchev–Trinajstić information content (AvgIpc) is 2.48. The molecule has 0 aliphatic carbocycles. The number of benzene rings is 1. The van der Waals surface area contributed by atoms with Gasteiger partial charge in [0.15, 0.2) is 0 Å². The van der Waals surface area contributed by atoms with Crippen LogP contribution in [0.1, 0.15) is 44.5 Å². The predicted octanol–water partition coefficient (Wildman–Crippen LogP) is 4.22. The minimum Gasteiger partial charge on any atom is -0.339 e. The lowest BCUT2D eigenvalue weighted by molar-refractivity contribution is -0.387. The number of amides is 1. The van der Waals surface area contributed by atoms with Gasteiger partial charge in [0.05, 0.1) is 9.82 Å². The molecule has 0 spiro atoms. The van der Waals surface area contributed by atoms with Gasteiger partial charge in [0.25, 0.3) is 11.6 Å². The number of thioether (sulfide) groups is 1. The SMILES string of the molecule is CCN(CC)C(=O)c1ccc(SCCC(C)C)c([N+](=O)[O-])c1. The Morgan fingerprint density at radius 2 is 1.95 bits per heavy atom. The molecule has 0 aliphatic rings. The van der Waals surface area contributed by atoms with Crippen LogP contribution in [0.2, 0.25) is 0 Å². The number of carbonyl (C=O) groups excluding carboxylic acids is 1. The molecular weight excluding hydrogens is 300 g/mol. The van der Waals surface area contributed by atoms with Gasteiger partial charge in [-0.15, -0.1) is 11.8 Å². The maximum absolute atomic E-state index is 12.3. The Bertz CT molecular complexity index is 528. The molecule has 1 rings (SSSR count). The van der Waals surface area contributed by atoms with E-state index in [1.165, 1.54) is 17.8 Å². The van der Waals surface area contributed by atoms with Crippen molar-refractivity contribution in [1.29, 1.82) is 0 Å². The second-order valence-corrected chi connectivity index (χ2v) is 6.58. The molecule has 1 aromatic carbocycles. The number of nitro benzene ring substituents is 1. The first kappa shape index (κ1) is 18.5. The van der Waals surface area contributed by atoms with Gasteiger partial charge in [0, 0.05) is 24.7 Å². The van der Waals surface area contributed by atoms with E-state index in [9.17, 15) is 14.9 Å². The molecule has 122 valence electrons. The van der Waals surface area contributed by atoms with Crippen LogP contribution >= 0.6 is 11.8 Å². The summed E-state index contributed by atoms with van der Waals surface area (Å²) in [6.07, 6.45) is 1.00. The van der Waals surface area contributed by atoms with E-state index in [2.05, 4.69) is 13.8 Å². The highest BCUT2D eigenvalue weighted by Crippen LogP contribution is 2.31. The van der Waals surface area contributed by atoms with Crippen LogP contribution in [0.4, 0.5) is 5.69 Å². The highest BCUT2D eigenvalue weighted by atomic mass is 32.2.